The van der Waals surface area contributed by atoms with E-state index in [0.717, 1.165) is 6.07 Å². The summed E-state index contributed by atoms with van der Waals surface area (Å²) in [5.74, 6) is -1.91. The van der Waals surface area contributed by atoms with Crippen molar-refractivity contribution in [2.75, 3.05) is 0 Å². The van der Waals surface area contributed by atoms with E-state index < -0.39 is 22.4 Å². The second kappa shape index (κ2) is 5.38. The monoisotopic (exact) mass is 339 g/mol. The molecule has 0 saturated carbocycles. The van der Waals surface area contributed by atoms with Crippen LogP contribution in [0.2, 0.25) is 0 Å². The summed E-state index contributed by atoms with van der Waals surface area (Å²) in [5, 5.41) is 19.9. The van der Waals surface area contributed by atoms with Crippen molar-refractivity contribution in [2.24, 2.45) is 0 Å². The minimum absolute atomic E-state index is 0.0267. The molecule has 0 saturated heterocycles. The lowest BCUT2D eigenvalue weighted by Crippen LogP contribution is -2.00. The molecule has 0 heterocycles. The first-order chi connectivity index (χ1) is 9.40. The van der Waals surface area contributed by atoms with Gasteiger partial charge in [0.2, 0.25) is 0 Å². The lowest BCUT2D eigenvalue weighted by molar-refractivity contribution is -0.384. The Morgan fingerprint density at radius 2 is 1.90 bits per heavy atom. The number of hydrogen-bond donors (Lipinski definition) is 1. The highest BCUT2D eigenvalue weighted by molar-refractivity contribution is 9.10. The molecule has 0 aliphatic rings. The Morgan fingerprint density at radius 1 is 1.20 bits per heavy atom. The number of carbonyl (C=O) groups is 1. The fourth-order valence-corrected chi connectivity index (χ4v) is 2.11. The molecule has 2 aromatic carbocycles. The van der Waals surface area contributed by atoms with E-state index in [1.807, 2.05) is 0 Å². The van der Waals surface area contributed by atoms with Gasteiger partial charge in [-0.2, -0.15) is 0 Å². The molecule has 0 aliphatic heterocycles. The Bertz CT molecular complexity index is 718. The van der Waals surface area contributed by atoms with E-state index in [2.05, 4.69) is 15.9 Å². The summed E-state index contributed by atoms with van der Waals surface area (Å²) in [7, 11) is 0. The number of benzene rings is 2. The first-order valence-electron chi connectivity index (χ1n) is 5.37. The van der Waals surface area contributed by atoms with Gasteiger partial charge >= 0.3 is 5.97 Å². The van der Waals surface area contributed by atoms with Crippen molar-refractivity contribution >= 4 is 27.6 Å². The van der Waals surface area contributed by atoms with Gasteiger partial charge in [-0.3, -0.25) is 10.1 Å². The van der Waals surface area contributed by atoms with E-state index in [-0.39, 0.29) is 16.7 Å². The zero-order valence-corrected chi connectivity index (χ0v) is 11.4. The first-order valence-corrected chi connectivity index (χ1v) is 6.16. The Morgan fingerprint density at radius 3 is 2.50 bits per heavy atom. The molecular weight excluding hydrogens is 333 g/mol. The van der Waals surface area contributed by atoms with E-state index in [4.69, 9.17) is 5.11 Å². The van der Waals surface area contributed by atoms with E-state index in [1.54, 1.807) is 0 Å². The molecule has 0 atom stereocenters. The van der Waals surface area contributed by atoms with Gasteiger partial charge < -0.3 is 5.11 Å². The Kier molecular flexibility index (Phi) is 3.80. The quantitative estimate of drug-likeness (QED) is 0.680. The van der Waals surface area contributed by atoms with Gasteiger partial charge in [0, 0.05) is 16.1 Å². The molecule has 0 aromatic heterocycles. The first kappa shape index (κ1) is 14.1. The highest BCUT2D eigenvalue weighted by atomic mass is 79.9. The van der Waals surface area contributed by atoms with Crippen LogP contribution >= 0.6 is 15.9 Å². The molecule has 2 aromatic rings. The van der Waals surface area contributed by atoms with Gasteiger partial charge in [0.05, 0.1) is 16.1 Å². The predicted molar refractivity (Wildman–Crippen MR) is 73.1 cm³/mol. The van der Waals surface area contributed by atoms with E-state index in [1.165, 1.54) is 30.3 Å². The van der Waals surface area contributed by atoms with Crippen molar-refractivity contribution in [1.82, 2.24) is 0 Å². The minimum atomic E-state index is -1.28. The molecule has 5 nitrogen and oxygen atoms in total. The molecule has 0 amide bonds. The van der Waals surface area contributed by atoms with Crippen LogP contribution in [0.5, 0.6) is 0 Å². The van der Waals surface area contributed by atoms with Crippen LogP contribution in [0.25, 0.3) is 11.1 Å². The third kappa shape index (κ3) is 2.67. The number of aromatic carboxylic acids is 1. The number of hydrogen-bond acceptors (Lipinski definition) is 3. The van der Waals surface area contributed by atoms with Gasteiger partial charge in [0.15, 0.2) is 0 Å². The van der Waals surface area contributed by atoms with Crippen LogP contribution in [0.3, 0.4) is 0 Å². The zero-order chi connectivity index (χ0) is 14.9. The maximum Gasteiger partial charge on any atom is 0.335 e. The van der Waals surface area contributed by atoms with Crippen LogP contribution in [0.15, 0.2) is 40.9 Å². The molecule has 0 fully saturated rings. The Labute approximate surface area is 120 Å². The second-order valence-corrected chi connectivity index (χ2v) is 4.83. The summed E-state index contributed by atoms with van der Waals surface area (Å²) in [6.07, 6.45) is 0. The number of nitrogens with zero attached hydrogens (tertiary/aromatic N) is 1. The van der Waals surface area contributed by atoms with Crippen molar-refractivity contribution < 1.29 is 19.2 Å². The topological polar surface area (TPSA) is 80.4 Å². The fourth-order valence-electron chi connectivity index (χ4n) is 1.75. The normalized spacial score (nSPS) is 10.3. The van der Waals surface area contributed by atoms with Crippen LogP contribution in [-0.2, 0) is 0 Å². The number of carboxylic acids is 1. The van der Waals surface area contributed by atoms with Crippen molar-refractivity contribution in [3.63, 3.8) is 0 Å². The summed E-state index contributed by atoms with van der Waals surface area (Å²) in [4.78, 5) is 21.2. The van der Waals surface area contributed by atoms with Crippen molar-refractivity contribution in [1.29, 1.82) is 0 Å². The maximum atomic E-state index is 13.8. The van der Waals surface area contributed by atoms with Crippen LogP contribution in [0.1, 0.15) is 10.4 Å². The molecule has 0 spiro atoms. The van der Waals surface area contributed by atoms with Crippen molar-refractivity contribution in [3.8, 4) is 11.1 Å². The zero-order valence-electron chi connectivity index (χ0n) is 9.84. The fraction of sp³-hybridized carbons (Fsp3) is 0. The van der Waals surface area contributed by atoms with Gasteiger partial charge in [-0.05, 0) is 30.3 Å². The maximum absolute atomic E-state index is 13.8. The number of nitro benzene ring substituents is 1. The molecular formula is C13H7BrFNO4. The van der Waals surface area contributed by atoms with E-state index in [0.29, 0.717) is 4.47 Å². The van der Waals surface area contributed by atoms with Crippen LogP contribution < -0.4 is 0 Å². The Hall–Kier alpha value is -2.28. The Balaban J connectivity index is 2.70. The molecule has 7 heteroatoms. The summed E-state index contributed by atoms with van der Waals surface area (Å²) < 4.78 is 14.4. The smallest absolute Gasteiger partial charge is 0.335 e. The lowest BCUT2D eigenvalue weighted by Gasteiger charge is -2.06. The number of carboxylic acid groups (broad SMARTS) is 1. The van der Waals surface area contributed by atoms with Gasteiger partial charge in [-0.15, -0.1) is 0 Å². The van der Waals surface area contributed by atoms with Gasteiger partial charge in [0.25, 0.3) is 5.69 Å². The summed E-state index contributed by atoms with van der Waals surface area (Å²) >= 11 is 3.16. The standard InChI is InChI=1S/C13H7BrFNO4/c14-8-2-4-11(15)10(6-8)9-3-1-7(13(17)18)5-12(9)16(19)20/h1-6H,(H,17,18). The largest absolute Gasteiger partial charge is 0.478 e. The van der Waals surface area contributed by atoms with Crippen molar-refractivity contribution in [3.05, 3.63) is 62.4 Å². The van der Waals surface area contributed by atoms with Crippen LogP contribution in [0, 0.1) is 15.9 Å². The second-order valence-electron chi connectivity index (χ2n) is 3.92. The van der Waals surface area contributed by atoms with Gasteiger partial charge in [-0.25, -0.2) is 9.18 Å². The third-order valence-corrected chi connectivity index (χ3v) is 3.15. The van der Waals surface area contributed by atoms with E-state index in [9.17, 15) is 19.3 Å². The average Bonchev–Trinajstić information content (AvgIpc) is 2.40. The highest BCUT2D eigenvalue weighted by Gasteiger charge is 2.20. The molecule has 0 unspecified atom stereocenters. The molecule has 0 radical (unpaired) electrons. The number of halogens is 2. The van der Waals surface area contributed by atoms with Crippen molar-refractivity contribution in [2.45, 2.75) is 0 Å². The average molecular weight is 340 g/mol. The molecule has 2 rings (SSSR count). The van der Waals surface area contributed by atoms with E-state index >= 15 is 0 Å². The van der Waals surface area contributed by atoms with Crippen LogP contribution in [0.4, 0.5) is 10.1 Å². The minimum Gasteiger partial charge on any atom is -0.478 e. The molecule has 0 bridgehead atoms. The third-order valence-electron chi connectivity index (χ3n) is 2.66. The van der Waals surface area contributed by atoms with Gasteiger partial charge in [-0.1, -0.05) is 15.9 Å². The molecule has 1 N–H and O–H groups in total. The summed E-state index contributed by atoms with van der Waals surface area (Å²) in [6.45, 7) is 0. The number of nitro groups is 1. The summed E-state index contributed by atoms with van der Waals surface area (Å²) in [5.41, 5.74) is -0.625. The van der Waals surface area contributed by atoms with Gasteiger partial charge in [0.1, 0.15) is 5.82 Å². The number of rotatable bonds is 3. The SMILES string of the molecule is O=C(O)c1ccc(-c2cc(Br)ccc2F)c([N+](=O)[O-])c1. The predicted octanol–water partition coefficient (Wildman–Crippen LogP) is 3.86. The molecule has 102 valence electrons. The highest BCUT2D eigenvalue weighted by Crippen LogP contribution is 2.34. The molecule has 0 aliphatic carbocycles. The lowest BCUT2D eigenvalue weighted by atomic mass is 10.0. The van der Waals surface area contributed by atoms with Crippen LogP contribution in [-0.4, -0.2) is 16.0 Å². The summed E-state index contributed by atoms with van der Waals surface area (Å²) in [6, 6.07) is 7.39. The molecule has 20 heavy (non-hydrogen) atoms.